The Morgan fingerprint density at radius 2 is 2.08 bits per heavy atom. The molecule has 76 valence electrons. The molecule has 3 N–H and O–H groups in total. The van der Waals surface area contributed by atoms with Gasteiger partial charge >= 0.3 is 6.03 Å². The van der Waals surface area contributed by atoms with Gasteiger partial charge in [-0.05, 0) is 13.3 Å². The Balaban J connectivity index is 3.42. The molecule has 0 aliphatic heterocycles. The lowest BCUT2D eigenvalue weighted by atomic mass is 10.3. The summed E-state index contributed by atoms with van der Waals surface area (Å²) in [7, 11) is 1.71. The lowest BCUT2D eigenvalue weighted by molar-refractivity contribution is -0.118. The van der Waals surface area contributed by atoms with Crippen LogP contribution in [0.5, 0.6) is 0 Å². The molecule has 0 saturated heterocycles. The van der Waals surface area contributed by atoms with Crippen molar-refractivity contribution in [3.05, 3.63) is 0 Å². The number of carbonyl (C=O) groups excluding carboxylic acids is 2. The topological polar surface area (TPSA) is 75.4 Å². The van der Waals surface area contributed by atoms with Crippen molar-refractivity contribution in [3.63, 3.8) is 0 Å². The number of nitrogens with zero attached hydrogens (tertiary/aromatic N) is 1. The van der Waals surface area contributed by atoms with Crippen molar-refractivity contribution in [1.82, 2.24) is 10.2 Å². The van der Waals surface area contributed by atoms with Crippen molar-refractivity contribution >= 4 is 11.9 Å². The molecule has 0 aromatic heterocycles. The van der Waals surface area contributed by atoms with Gasteiger partial charge in [0.2, 0.25) is 5.91 Å². The van der Waals surface area contributed by atoms with Crippen LogP contribution in [0.15, 0.2) is 0 Å². The molecule has 0 atom stereocenters. The minimum absolute atomic E-state index is 0.119. The van der Waals surface area contributed by atoms with E-state index in [1.807, 2.05) is 6.92 Å². The standard InChI is InChI=1S/C8H17N3O2/c1-3-11(2)8(13)10-6-4-5-7(9)12/h3-6H2,1-2H3,(H2,9,12)(H,10,13). The number of hydrogen-bond acceptors (Lipinski definition) is 2. The van der Waals surface area contributed by atoms with Crippen LogP contribution in [0.2, 0.25) is 0 Å². The Morgan fingerprint density at radius 3 is 2.54 bits per heavy atom. The zero-order valence-corrected chi connectivity index (χ0v) is 8.17. The summed E-state index contributed by atoms with van der Waals surface area (Å²) in [5, 5.41) is 2.67. The van der Waals surface area contributed by atoms with Crippen LogP contribution in [0.1, 0.15) is 19.8 Å². The summed E-state index contributed by atoms with van der Waals surface area (Å²) in [6.45, 7) is 3.05. The maximum absolute atomic E-state index is 11.1. The molecule has 13 heavy (non-hydrogen) atoms. The van der Waals surface area contributed by atoms with E-state index in [0.29, 0.717) is 25.9 Å². The van der Waals surface area contributed by atoms with Crippen molar-refractivity contribution in [3.8, 4) is 0 Å². The Kier molecular flexibility index (Phi) is 5.67. The maximum Gasteiger partial charge on any atom is 0.317 e. The number of nitrogens with one attached hydrogen (secondary N) is 1. The lowest BCUT2D eigenvalue weighted by Gasteiger charge is -2.14. The number of nitrogens with two attached hydrogens (primary N) is 1. The second-order valence-corrected chi connectivity index (χ2v) is 2.82. The number of rotatable bonds is 5. The van der Waals surface area contributed by atoms with E-state index in [9.17, 15) is 9.59 Å². The molecule has 0 bridgehead atoms. The fourth-order valence-corrected chi connectivity index (χ4v) is 0.737. The van der Waals surface area contributed by atoms with Crippen LogP contribution >= 0.6 is 0 Å². The molecule has 5 heteroatoms. The van der Waals surface area contributed by atoms with Gasteiger partial charge in [0.1, 0.15) is 0 Å². The molecular formula is C8H17N3O2. The van der Waals surface area contributed by atoms with Gasteiger partial charge < -0.3 is 16.0 Å². The summed E-state index contributed by atoms with van der Waals surface area (Å²) >= 11 is 0. The fraction of sp³-hybridized carbons (Fsp3) is 0.750. The molecule has 0 aliphatic rings. The molecule has 0 rings (SSSR count). The third kappa shape index (κ3) is 5.95. The molecule has 0 aromatic rings. The van der Waals surface area contributed by atoms with Gasteiger partial charge in [0.05, 0.1) is 0 Å². The average Bonchev–Trinajstić information content (AvgIpc) is 2.10. The van der Waals surface area contributed by atoms with Gasteiger partial charge in [-0.25, -0.2) is 4.79 Å². The highest BCUT2D eigenvalue weighted by Gasteiger charge is 2.04. The monoisotopic (exact) mass is 187 g/mol. The highest BCUT2D eigenvalue weighted by atomic mass is 16.2. The predicted octanol–water partition coefficient (Wildman–Crippen LogP) is -0.0868. The zero-order chi connectivity index (χ0) is 10.3. The van der Waals surface area contributed by atoms with Crippen LogP contribution in [0.25, 0.3) is 0 Å². The van der Waals surface area contributed by atoms with Crippen molar-refractivity contribution < 1.29 is 9.59 Å². The molecule has 0 aliphatic carbocycles. The first kappa shape index (κ1) is 11.7. The fourth-order valence-electron chi connectivity index (χ4n) is 0.737. The molecule has 0 fully saturated rings. The molecule has 0 heterocycles. The summed E-state index contributed by atoms with van der Waals surface area (Å²) in [6.07, 6.45) is 0.911. The van der Waals surface area contributed by atoms with Gasteiger partial charge in [0, 0.05) is 26.6 Å². The van der Waals surface area contributed by atoms with Gasteiger partial charge in [0.25, 0.3) is 0 Å². The smallest absolute Gasteiger partial charge is 0.317 e. The Bertz CT molecular complexity index is 182. The van der Waals surface area contributed by atoms with Crippen LogP contribution < -0.4 is 11.1 Å². The molecule has 0 aromatic carbocycles. The summed E-state index contributed by atoms with van der Waals surface area (Å²) in [5.74, 6) is -0.335. The van der Waals surface area contributed by atoms with Crippen LogP contribution in [-0.2, 0) is 4.79 Å². The van der Waals surface area contributed by atoms with E-state index in [1.165, 1.54) is 0 Å². The van der Waals surface area contributed by atoms with Crippen LogP contribution in [0.3, 0.4) is 0 Å². The van der Waals surface area contributed by atoms with Crippen LogP contribution in [-0.4, -0.2) is 37.0 Å². The largest absolute Gasteiger partial charge is 0.370 e. The summed E-state index contributed by atoms with van der Waals surface area (Å²) in [5.41, 5.74) is 4.93. The number of primary amides is 1. The van der Waals surface area contributed by atoms with Gasteiger partial charge in [-0.2, -0.15) is 0 Å². The minimum atomic E-state index is -0.335. The molecule has 0 saturated carbocycles. The van der Waals surface area contributed by atoms with Crippen LogP contribution in [0.4, 0.5) is 4.79 Å². The minimum Gasteiger partial charge on any atom is -0.370 e. The predicted molar refractivity (Wildman–Crippen MR) is 50.1 cm³/mol. The van der Waals surface area contributed by atoms with Crippen molar-refractivity contribution in [2.45, 2.75) is 19.8 Å². The van der Waals surface area contributed by atoms with E-state index in [-0.39, 0.29) is 11.9 Å². The lowest BCUT2D eigenvalue weighted by Crippen LogP contribution is -2.37. The number of carbonyl (C=O) groups is 2. The van der Waals surface area contributed by atoms with E-state index in [4.69, 9.17) is 5.73 Å². The van der Waals surface area contributed by atoms with Gasteiger partial charge in [-0.3, -0.25) is 4.79 Å². The van der Waals surface area contributed by atoms with E-state index in [2.05, 4.69) is 5.32 Å². The third-order valence-corrected chi connectivity index (χ3v) is 1.70. The first-order valence-electron chi connectivity index (χ1n) is 4.35. The van der Waals surface area contributed by atoms with Crippen LogP contribution in [0, 0.1) is 0 Å². The second-order valence-electron chi connectivity index (χ2n) is 2.82. The first-order chi connectivity index (χ1) is 6.07. The molecule has 0 unspecified atom stereocenters. The Morgan fingerprint density at radius 1 is 1.46 bits per heavy atom. The third-order valence-electron chi connectivity index (χ3n) is 1.70. The molecule has 5 nitrogen and oxygen atoms in total. The normalized spacial score (nSPS) is 9.38. The van der Waals surface area contributed by atoms with E-state index in [1.54, 1.807) is 11.9 Å². The Hall–Kier alpha value is -1.26. The highest BCUT2D eigenvalue weighted by Crippen LogP contribution is 1.87. The number of hydrogen-bond donors (Lipinski definition) is 2. The van der Waals surface area contributed by atoms with Crippen molar-refractivity contribution in [2.75, 3.05) is 20.1 Å². The Labute approximate surface area is 78.3 Å². The average molecular weight is 187 g/mol. The number of urea groups is 1. The zero-order valence-electron chi connectivity index (χ0n) is 8.17. The van der Waals surface area contributed by atoms with E-state index >= 15 is 0 Å². The summed E-state index contributed by atoms with van der Waals surface area (Å²) in [4.78, 5) is 23.0. The van der Waals surface area contributed by atoms with Crippen molar-refractivity contribution in [1.29, 1.82) is 0 Å². The van der Waals surface area contributed by atoms with E-state index in [0.717, 1.165) is 0 Å². The van der Waals surface area contributed by atoms with E-state index < -0.39 is 0 Å². The van der Waals surface area contributed by atoms with Gasteiger partial charge in [0.15, 0.2) is 0 Å². The molecule has 0 spiro atoms. The summed E-state index contributed by atoms with van der Waals surface area (Å²) < 4.78 is 0. The maximum atomic E-state index is 11.1. The van der Waals surface area contributed by atoms with Gasteiger partial charge in [-0.15, -0.1) is 0 Å². The molecular weight excluding hydrogens is 170 g/mol. The van der Waals surface area contributed by atoms with Crippen molar-refractivity contribution in [2.24, 2.45) is 5.73 Å². The van der Waals surface area contributed by atoms with Gasteiger partial charge in [-0.1, -0.05) is 0 Å². The quantitative estimate of drug-likeness (QED) is 0.590. The SMILES string of the molecule is CCN(C)C(=O)NCCCC(N)=O. The highest BCUT2D eigenvalue weighted by molar-refractivity contribution is 5.74. The second kappa shape index (κ2) is 6.28. The number of amides is 3. The molecule has 0 radical (unpaired) electrons. The first-order valence-corrected chi connectivity index (χ1v) is 4.35. The summed E-state index contributed by atoms with van der Waals surface area (Å²) in [6, 6.07) is -0.119. The molecule has 3 amide bonds.